The summed E-state index contributed by atoms with van der Waals surface area (Å²) < 4.78 is 0. The van der Waals surface area contributed by atoms with Crippen molar-refractivity contribution in [3.8, 4) is 0 Å². The van der Waals surface area contributed by atoms with Crippen LogP contribution < -0.4 is 0 Å². The second-order valence-electron chi connectivity index (χ2n) is 3.62. The van der Waals surface area contributed by atoms with Gasteiger partial charge >= 0.3 is 0 Å². The summed E-state index contributed by atoms with van der Waals surface area (Å²) >= 11 is 11.7. The van der Waals surface area contributed by atoms with E-state index in [1.54, 1.807) is 18.2 Å². The van der Waals surface area contributed by atoms with Gasteiger partial charge in [0.05, 0.1) is 15.8 Å². The largest absolute Gasteiger partial charge is 0.399 e. The zero-order chi connectivity index (χ0) is 12.8. The van der Waals surface area contributed by atoms with Crippen LogP contribution in [0.4, 0.5) is 0 Å². The molecule has 0 radical (unpaired) electrons. The van der Waals surface area contributed by atoms with Gasteiger partial charge in [0.25, 0.3) is 0 Å². The van der Waals surface area contributed by atoms with Gasteiger partial charge in [-0.2, -0.15) is 0 Å². The highest BCUT2D eigenvalue weighted by atomic mass is 35.5. The molecular weight excluding hydrogens is 259 g/mol. The van der Waals surface area contributed by atoms with Crippen LogP contribution >= 0.6 is 23.2 Å². The lowest BCUT2D eigenvalue weighted by Gasteiger charge is -2.05. The van der Waals surface area contributed by atoms with Crippen molar-refractivity contribution in [2.24, 2.45) is 5.16 Å². The summed E-state index contributed by atoms with van der Waals surface area (Å²) in [5, 5.41) is 12.7. The highest BCUT2D eigenvalue weighted by Gasteiger charge is 2.05. The van der Waals surface area contributed by atoms with Crippen LogP contribution in [0.2, 0.25) is 10.0 Å². The lowest BCUT2D eigenvalue weighted by atomic mass is 10.0. The fourth-order valence-corrected chi connectivity index (χ4v) is 1.63. The number of hydrogen-bond donors (Lipinski definition) is 1. The Morgan fingerprint density at radius 3 is 2.59 bits per heavy atom. The Bertz CT molecular complexity index is 444. The van der Waals surface area contributed by atoms with Gasteiger partial charge in [-0.25, -0.2) is 0 Å². The Morgan fingerprint density at radius 2 is 2.00 bits per heavy atom. The number of hydrogen-bond acceptors (Lipinski definition) is 3. The number of oxime groups is 1. The molecule has 92 valence electrons. The Hall–Kier alpha value is -1.06. The number of nitrogens with zero attached hydrogens (tertiary/aromatic N) is 1. The summed E-state index contributed by atoms with van der Waals surface area (Å²) in [5.41, 5.74) is 2.15. The van der Waals surface area contributed by atoms with Crippen molar-refractivity contribution in [1.82, 2.24) is 0 Å². The molecule has 0 saturated carbocycles. The maximum Gasteiger partial charge on any atom is 0.106 e. The van der Waals surface area contributed by atoms with Crippen molar-refractivity contribution in [2.45, 2.75) is 19.8 Å². The van der Waals surface area contributed by atoms with Crippen LogP contribution in [0, 0.1) is 5.41 Å². The number of rotatable bonds is 5. The number of halogens is 2. The molecular formula is C12H14Cl2N2O. The first-order chi connectivity index (χ1) is 8.04. The van der Waals surface area contributed by atoms with Gasteiger partial charge in [-0.3, -0.25) is 0 Å². The first-order valence-electron chi connectivity index (χ1n) is 5.14. The van der Waals surface area contributed by atoms with Gasteiger partial charge in [-0.05, 0) is 37.5 Å². The lowest BCUT2D eigenvalue weighted by molar-refractivity contribution is 0.212. The molecule has 1 aromatic rings. The van der Waals surface area contributed by atoms with Crippen molar-refractivity contribution in [3.63, 3.8) is 0 Å². The molecule has 0 spiro atoms. The molecule has 17 heavy (non-hydrogen) atoms. The van der Waals surface area contributed by atoms with E-state index >= 15 is 0 Å². The van der Waals surface area contributed by atoms with Crippen LogP contribution in [0.3, 0.4) is 0 Å². The van der Waals surface area contributed by atoms with Gasteiger partial charge in [0.2, 0.25) is 0 Å². The second-order valence-corrected chi connectivity index (χ2v) is 4.43. The van der Waals surface area contributed by atoms with Crippen LogP contribution in [0.25, 0.3) is 0 Å². The zero-order valence-corrected chi connectivity index (χ0v) is 11.3. The molecule has 0 atom stereocenters. The molecule has 3 nitrogen and oxygen atoms in total. The minimum atomic E-state index is 0.469. The predicted octanol–water partition coefficient (Wildman–Crippen LogP) is 4.16. The van der Waals surface area contributed by atoms with Gasteiger partial charge in [0.15, 0.2) is 0 Å². The summed E-state index contributed by atoms with van der Waals surface area (Å²) in [6.45, 7) is 1.87. The third kappa shape index (κ3) is 4.36. The molecule has 0 bridgehead atoms. The van der Waals surface area contributed by atoms with Crippen LogP contribution in [-0.4, -0.2) is 18.5 Å². The van der Waals surface area contributed by atoms with E-state index in [0.29, 0.717) is 28.6 Å². The number of benzene rings is 1. The summed E-state index contributed by atoms with van der Waals surface area (Å²) in [5.74, 6) is 0. The van der Waals surface area contributed by atoms with E-state index in [-0.39, 0.29) is 0 Å². The normalized spacial score (nSPS) is 11.4. The highest BCUT2D eigenvalue weighted by molar-refractivity contribution is 6.42. The first kappa shape index (κ1) is 14.0. The van der Waals surface area contributed by atoms with Crippen molar-refractivity contribution < 1.29 is 4.84 Å². The van der Waals surface area contributed by atoms with Crippen molar-refractivity contribution in [2.75, 3.05) is 7.11 Å². The Morgan fingerprint density at radius 1 is 1.29 bits per heavy atom. The molecule has 5 heteroatoms. The van der Waals surface area contributed by atoms with Gasteiger partial charge in [-0.15, -0.1) is 0 Å². The molecule has 0 aromatic heterocycles. The van der Waals surface area contributed by atoms with Gasteiger partial charge in [0.1, 0.15) is 7.11 Å². The van der Waals surface area contributed by atoms with Crippen LogP contribution in [0.1, 0.15) is 25.3 Å². The minimum Gasteiger partial charge on any atom is -0.399 e. The summed E-state index contributed by atoms with van der Waals surface area (Å²) in [4.78, 5) is 4.66. The Labute approximate surface area is 111 Å². The van der Waals surface area contributed by atoms with Crippen LogP contribution in [0.15, 0.2) is 23.4 Å². The third-order valence-corrected chi connectivity index (χ3v) is 2.99. The zero-order valence-electron chi connectivity index (χ0n) is 9.76. The highest BCUT2D eigenvalue weighted by Crippen LogP contribution is 2.23. The van der Waals surface area contributed by atoms with E-state index in [4.69, 9.17) is 28.6 Å². The maximum atomic E-state index is 7.92. The minimum absolute atomic E-state index is 0.469. The van der Waals surface area contributed by atoms with E-state index in [0.717, 1.165) is 11.3 Å². The molecule has 0 aliphatic carbocycles. The molecule has 0 fully saturated rings. The molecule has 0 aliphatic rings. The Balaban J connectivity index is 2.64. The molecule has 0 amide bonds. The SMILES string of the molecule is CO/N=C(\C)CCC(=N)c1ccc(Cl)c(Cl)c1. The maximum absolute atomic E-state index is 7.92. The van der Waals surface area contributed by atoms with Crippen molar-refractivity contribution in [3.05, 3.63) is 33.8 Å². The first-order valence-corrected chi connectivity index (χ1v) is 5.89. The van der Waals surface area contributed by atoms with Gasteiger partial charge in [0, 0.05) is 5.71 Å². The molecule has 0 unspecified atom stereocenters. The van der Waals surface area contributed by atoms with Gasteiger partial charge in [-0.1, -0.05) is 34.4 Å². The summed E-state index contributed by atoms with van der Waals surface area (Å²) in [6.07, 6.45) is 1.28. The van der Waals surface area contributed by atoms with Crippen molar-refractivity contribution >= 4 is 34.6 Å². The second kappa shape index (κ2) is 6.62. The topological polar surface area (TPSA) is 45.4 Å². The standard InChI is InChI=1S/C12H14Cl2N2O/c1-8(16-17-2)3-6-12(15)9-4-5-10(13)11(14)7-9/h4-5,7,15H,3,6H2,1-2H3/b15-12?,16-8+. The molecule has 1 N–H and O–H groups in total. The van der Waals surface area contributed by atoms with Crippen molar-refractivity contribution in [1.29, 1.82) is 5.41 Å². The fourth-order valence-electron chi connectivity index (χ4n) is 1.34. The van der Waals surface area contributed by atoms with E-state index in [1.165, 1.54) is 7.11 Å². The van der Waals surface area contributed by atoms with E-state index < -0.39 is 0 Å². The molecule has 1 rings (SSSR count). The van der Waals surface area contributed by atoms with Crippen LogP contribution in [0.5, 0.6) is 0 Å². The van der Waals surface area contributed by atoms with E-state index in [1.807, 2.05) is 6.92 Å². The molecule has 0 aliphatic heterocycles. The smallest absolute Gasteiger partial charge is 0.106 e. The van der Waals surface area contributed by atoms with E-state index in [2.05, 4.69) is 9.99 Å². The Kier molecular flexibility index (Phi) is 5.45. The average Bonchev–Trinajstić information content (AvgIpc) is 2.30. The summed E-state index contributed by atoms with van der Waals surface area (Å²) in [6, 6.07) is 5.19. The fraction of sp³-hybridized carbons (Fsp3) is 0.333. The van der Waals surface area contributed by atoms with Gasteiger partial charge < -0.3 is 10.2 Å². The lowest BCUT2D eigenvalue weighted by Crippen LogP contribution is -2.03. The third-order valence-electron chi connectivity index (χ3n) is 2.25. The van der Waals surface area contributed by atoms with E-state index in [9.17, 15) is 0 Å². The quantitative estimate of drug-likeness (QED) is 0.635. The molecule has 0 heterocycles. The molecule has 0 saturated heterocycles. The monoisotopic (exact) mass is 272 g/mol. The summed E-state index contributed by atoms with van der Waals surface area (Å²) in [7, 11) is 1.51. The average molecular weight is 273 g/mol. The number of nitrogens with one attached hydrogen (secondary N) is 1. The molecule has 1 aromatic carbocycles. The van der Waals surface area contributed by atoms with Crippen LogP contribution in [-0.2, 0) is 4.84 Å². The predicted molar refractivity (Wildman–Crippen MR) is 72.6 cm³/mol.